The molecule has 5 nitrogen and oxygen atoms in total. The molecule has 6 heteroatoms. The van der Waals surface area contributed by atoms with E-state index in [1.54, 1.807) is 11.0 Å². The normalized spacial score (nSPS) is 15.9. The molecule has 2 rings (SSSR count). The van der Waals surface area contributed by atoms with Crippen LogP contribution >= 0.6 is 11.6 Å². The fraction of sp³-hybridized carbons (Fsp3) is 0.571. The third-order valence-corrected chi connectivity index (χ3v) is 3.80. The number of hydrogen-bond acceptors (Lipinski definition) is 4. The van der Waals surface area contributed by atoms with E-state index in [-0.39, 0.29) is 11.9 Å². The van der Waals surface area contributed by atoms with Gasteiger partial charge in [0.2, 0.25) is 0 Å². The molecule has 1 amide bonds. The van der Waals surface area contributed by atoms with Crippen molar-refractivity contribution in [2.45, 2.75) is 25.8 Å². The summed E-state index contributed by atoms with van der Waals surface area (Å²) in [5, 5.41) is 3.47. The number of nitrogens with one attached hydrogen (secondary N) is 1. The van der Waals surface area contributed by atoms with Gasteiger partial charge in [-0.25, -0.2) is 4.98 Å². The molecule has 1 aromatic rings. The molecule has 0 unspecified atom stereocenters. The van der Waals surface area contributed by atoms with Crippen molar-refractivity contribution in [3.05, 3.63) is 22.8 Å². The Kier molecular flexibility index (Phi) is 5.20. The summed E-state index contributed by atoms with van der Waals surface area (Å²) in [6, 6.07) is 1.92. The van der Waals surface area contributed by atoms with Gasteiger partial charge in [-0.05, 0) is 25.8 Å². The summed E-state index contributed by atoms with van der Waals surface area (Å²) in [4.78, 5) is 18.5. The molecular weight excluding hydrogens is 278 g/mol. The van der Waals surface area contributed by atoms with Gasteiger partial charge in [-0.15, -0.1) is 0 Å². The smallest absolute Gasteiger partial charge is 0.255 e. The van der Waals surface area contributed by atoms with Crippen molar-refractivity contribution >= 4 is 23.3 Å². The number of hydrogen-bond donors (Lipinski definition) is 1. The third-order valence-electron chi connectivity index (χ3n) is 3.50. The van der Waals surface area contributed by atoms with Gasteiger partial charge in [0, 0.05) is 39.0 Å². The number of pyridine rings is 1. The predicted molar refractivity (Wildman–Crippen MR) is 79.3 cm³/mol. The van der Waals surface area contributed by atoms with Crippen LogP contribution in [0.2, 0.25) is 5.02 Å². The monoisotopic (exact) mass is 297 g/mol. The second kappa shape index (κ2) is 6.90. The number of anilines is 1. The maximum atomic E-state index is 12.6. The van der Waals surface area contributed by atoms with Gasteiger partial charge in [0.1, 0.15) is 5.82 Å². The van der Waals surface area contributed by atoms with E-state index in [4.69, 9.17) is 16.3 Å². The maximum absolute atomic E-state index is 12.6. The van der Waals surface area contributed by atoms with Crippen LogP contribution in [0.3, 0.4) is 0 Å². The third kappa shape index (κ3) is 3.41. The van der Waals surface area contributed by atoms with E-state index < -0.39 is 0 Å². The number of nitrogens with zero attached hydrogens (tertiary/aromatic N) is 2. The van der Waals surface area contributed by atoms with Gasteiger partial charge >= 0.3 is 0 Å². The van der Waals surface area contributed by atoms with Crippen LogP contribution in [0, 0.1) is 0 Å². The van der Waals surface area contributed by atoms with Crippen LogP contribution in [0.1, 0.15) is 30.1 Å². The van der Waals surface area contributed by atoms with Gasteiger partial charge < -0.3 is 15.0 Å². The molecule has 1 aliphatic rings. The van der Waals surface area contributed by atoms with Gasteiger partial charge in [0.25, 0.3) is 5.91 Å². The lowest BCUT2D eigenvalue weighted by Gasteiger charge is -2.31. The fourth-order valence-electron chi connectivity index (χ4n) is 2.31. The first-order valence-electron chi connectivity index (χ1n) is 6.87. The van der Waals surface area contributed by atoms with Crippen molar-refractivity contribution < 1.29 is 9.53 Å². The number of carbonyl (C=O) groups excluding carboxylic acids is 1. The summed E-state index contributed by atoms with van der Waals surface area (Å²) in [5.41, 5.74) is 0.492. The first-order valence-corrected chi connectivity index (χ1v) is 7.25. The Bertz CT molecular complexity index is 475. The molecule has 0 spiro atoms. The SMILES string of the molecule is CCNc1cc(C(=O)N(C)C2CCOCC2)c(Cl)cn1. The van der Waals surface area contributed by atoms with Crippen LogP contribution in [0.5, 0.6) is 0 Å². The van der Waals surface area contributed by atoms with Gasteiger partial charge in [-0.3, -0.25) is 4.79 Å². The second-order valence-electron chi connectivity index (χ2n) is 4.84. The van der Waals surface area contributed by atoms with Crippen molar-refractivity contribution in [3.63, 3.8) is 0 Å². The molecule has 1 saturated heterocycles. The highest BCUT2D eigenvalue weighted by molar-refractivity contribution is 6.33. The minimum atomic E-state index is -0.0662. The molecule has 0 aliphatic carbocycles. The van der Waals surface area contributed by atoms with E-state index in [1.807, 2.05) is 14.0 Å². The van der Waals surface area contributed by atoms with Crippen molar-refractivity contribution in [3.8, 4) is 0 Å². The molecule has 0 atom stereocenters. The molecule has 0 bridgehead atoms. The van der Waals surface area contributed by atoms with Gasteiger partial charge in [-0.2, -0.15) is 0 Å². The van der Waals surface area contributed by atoms with Crippen molar-refractivity contribution in [2.24, 2.45) is 0 Å². The molecule has 0 saturated carbocycles. The Morgan fingerprint density at radius 1 is 1.55 bits per heavy atom. The van der Waals surface area contributed by atoms with Crippen molar-refractivity contribution in [1.29, 1.82) is 0 Å². The topological polar surface area (TPSA) is 54.5 Å². The van der Waals surface area contributed by atoms with Crippen molar-refractivity contribution in [1.82, 2.24) is 9.88 Å². The Morgan fingerprint density at radius 3 is 2.90 bits per heavy atom. The van der Waals surface area contributed by atoms with E-state index in [0.29, 0.717) is 29.6 Å². The van der Waals surface area contributed by atoms with Crippen LogP contribution in [0.15, 0.2) is 12.3 Å². The number of halogens is 1. The first-order chi connectivity index (χ1) is 9.63. The predicted octanol–water partition coefficient (Wildman–Crippen LogP) is 2.42. The zero-order chi connectivity index (χ0) is 14.5. The molecule has 2 heterocycles. The number of carbonyl (C=O) groups is 1. The summed E-state index contributed by atoms with van der Waals surface area (Å²) in [6.45, 7) is 4.13. The number of rotatable bonds is 4. The van der Waals surface area contributed by atoms with Gasteiger partial charge in [0.05, 0.1) is 10.6 Å². The van der Waals surface area contributed by atoms with Crippen LogP contribution < -0.4 is 5.32 Å². The second-order valence-corrected chi connectivity index (χ2v) is 5.25. The lowest BCUT2D eigenvalue weighted by molar-refractivity contribution is 0.0362. The maximum Gasteiger partial charge on any atom is 0.255 e. The van der Waals surface area contributed by atoms with Crippen LogP contribution in [0.25, 0.3) is 0 Å². The highest BCUT2D eigenvalue weighted by Crippen LogP contribution is 2.22. The van der Waals surface area contributed by atoms with E-state index in [2.05, 4.69) is 10.3 Å². The Labute approximate surface area is 124 Å². The first kappa shape index (κ1) is 15.1. The van der Waals surface area contributed by atoms with Crippen molar-refractivity contribution in [2.75, 3.05) is 32.1 Å². The largest absolute Gasteiger partial charge is 0.381 e. The molecular formula is C14H20ClN3O2. The van der Waals surface area contributed by atoms with E-state index in [0.717, 1.165) is 19.4 Å². The summed E-state index contributed by atoms with van der Waals surface area (Å²) >= 11 is 6.11. The van der Waals surface area contributed by atoms with Crippen LogP contribution in [-0.4, -0.2) is 48.6 Å². The average Bonchev–Trinajstić information content (AvgIpc) is 2.49. The van der Waals surface area contributed by atoms with Crippen LogP contribution in [0.4, 0.5) is 5.82 Å². The van der Waals surface area contributed by atoms with Gasteiger partial charge in [-0.1, -0.05) is 11.6 Å². The Balaban J connectivity index is 2.16. The average molecular weight is 298 g/mol. The summed E-state index contributed by atoms with van der Waals surface area (Å²) < 4.78 is 5.33. The van der Waals surface area contributed by atoms with Crippen LogP contribution in [-0.2, 0) is 4.74 Å². The zero-order valence-corrected chi connectivity index (χ0v) is 12.6. The molecule has 1 aromatic heterocycles. The quantitative estimate of drug-likeness (QED) is 0.927. The molecule has 1 aliphatic heterocycles. The summed E-state index contributed by atoms with van der Waals surface area (Å²) in [6.07, 6.45) is 3.25. The minimum Gasteiger partial charge on any atom is -0.381 e. The van der Waals surface area contributed by atoms with E-state index >= 15 is 0 Å². The lowest BCUT2D eigenvalue weighted by Crippen LogP contribution is -2.40. The fourth-order valence-corrected chi connectivity index (χ4v) is 2.49. The number of aromatic nitrogens is 1. The lowest BCUT2D eigenvalue weighted by atomic mass is 10.1. The Hall–Kier alpha value is -1.33. The van der Waals surface area contributed by atoms with E-state index in [9.17, 15) is 4.79 Å². The van der Waals surface area contributed by atoms with E-state index in [1.165, 1.54) is 6.20 Å². The highest BCUT2D eigenvalue weighted by Gasteiger charge is 2.25. The molecule has 0 aromatic carbocycles. The molecule has 1 N–H and O–H groups in total. The summed E-state index contributed by atoms with van der Waals surface area (Å²) in [5.74, 6) is 0.601. The summed E-state index contributed by atoms with van der Waals surface area (Å²) in [7, 11) is 1.82. The zero-order valence-electron chi connectivity index (χ0n) is 11.9. The molecule has 110 valence electrons. The standard InChI is InChI=1S/C14H20ClN3O2/c1-3-16-13-8-11(12(15)9-17-13)14(19)18(2)10-4-6-20-7-5-10/h8-10H,3-7H2,1-2H3,(H,16,17). The Morgan fingerprint density at radius 2 is 2.25 bits per heavy atom. The molecule has 1 fully saturated rings. The molecule has 0 radical (unpaired) electrons. The number of ether oxygens (including phenoxy) is 1. The highest BCUT2D eigenvalue weighted by atomic mass is 35.5. The van der Waals surface area contributed by atoms with Gasteiger partial charge in [0.15, 0.2) is 0 Å². The molecule has 20 heavy (non-hydrogen) atoms. The number of amides is 1. The minimum absolute atomic E-state index is 0.0662.